The summed E-state index contributed by atoms with van der Waals surface area (Å²) in [6.45, 7) is 7.84. The van der Waals surface area contributed by atoms with Crippen LogP contribution in [0, 0.1) is 44.8 Å². The lowest BCUT2D eigenvalue weighted by molar-refractivity contribution is 0.102. The highest BCUT2D eigenvalue weighted by molar-refractivity contribution is 6.12. The van der Waals surface area contributed by atoms with Crippen LogP contribution in [0.4, 0.5) is 10.1 Å². The maximum atomic E-state index is 14.0. The van der Waals surface area contributed by atoms with Gasteiger partial charge in [0.15, 0.2) is 0 Å². The molecule has 4 aromatic rings. The Bertz CT molecular complexity index is 1410. The molecule has 7 heteroatoms. The Morgan fingerprint density at radius 1 is 1.12 bits per heavy atom. The number of aryl methyl sites for hydroxylation is 3. The number of nitrogens with zero attached hydrogens (tertiary/aromatic N) is 4. The number of carbonyl (C=O) groups is 1. The van der Waals surface area contributed by atoms with Crippen LogP contribution in [-0.4, -0.2) is 20.7 Å². The van der Waals surface area contributed by atoms with Gasteiger partial charge in [-0.1, -0.05) is 17.7 Å². The van der Waals surface area contributed by atoms with E-state index in [1.807, 2.05) is 52.0 Å². The van der Waals surface area contributed by atoms with Gasteiger partial charge in [0, 0.05) is 11.1 Å². The van der Waals surface area contributed by atoms with Crippen molar-refractivity contribution in [1.29, 1.82) is 5.26 Å². The lowest BCUT2D eigenvalue weighted by Crippen LogP contribution is -2.14. The molecule has 160 valence electrons. The zero-order valence-electron chi connectivity index (χ0n) is 18.3. The molecule has 0 saturated heterocycles. The minimum atomic E-state index is -0.560. The number of rotatable bonds is 4. The van der Waals surface area contributed by atoms with Crippen molar-refractivity contribution in [2.75, 3.05) is 5.32 Å². The molecule has 0 atom stereocenters. The molecule has 6 nitrogen and oxygen atoms in total. The monoisotopic (exact) mass is 427 g/mol. The minimum Gasteiger partial charge on any atom is -0.319 e. The van der Waals surface area contributed by atoms with Crippen molar-refractivity contribution < 1.29 is 9.18 Å². The number of benzene rings is 2. The number of amides is 1. The molecule has 0 bridgehead atoms. The number of nitriles is 1. The highest BCUT2D eigenvalue weighted by Crippen LogP contribution is 2.25. The van der Waals surface area contributed by atoms with Gasteiger partial charge in [0.05, 0.1) is 40.3 Å². The first-order valence-electron chi connectivity index (χ1n) is 10.2. The van der Waals surface area contributed by atoms with Gasteiger partial charge < -0.3 is 5.32 Å². The molecule has 0 radical (unpaired) electrons. The van der Waals surface area contributed by atoms with Crippen molar-refractivity contribution in [3.05, 3.63) is 87.6 Å². The molecule has 4 rings (SSSR count). The van der Waals surface area contributed by atoms with E-state index in [1.54, 1.807) is 16.8 Å². The second-order valence-corrected chi connectivity index (χ2v) is 7.92. The second-order valence-electron chi connectivity index (χ2n) is 7.92. The van der Waals surface area contributed by atoms with Gasteiger partial charge in [0.1, 0.15) is 11.9 Å². The first kappa shape index (κ1) is 21.2. The van der Waals surface area contributed by atoms with Gasteiger partial charge in [-0.05, 0) is 63.6 Å². The minimum absolute atomic E-state index is 0.00479. The summed E-state index contributed by atoms with van der Waals surface area (Å²) < 4.78 is 15.7. The Hall–Kier alpha value is -4.05. The summed E-state index contributed by atoms with van der Waals surface area (Å²) in [6, 6.07) is 13.9. The van der Waals surface area contributed by atoms with E-state index in [2.05, 4.69) is 15.4 Å². The number of pyridine rings is 1. The van der Waals surface area contributed by atoms with Crippen molar-refractivity contribution >= 4 is 22.5 Å². The van der Waals surface area contributed by atoms with Gasteiger partial charge in [0.2, 0.25) is 0 Å². The fourth-order valence-corrected chi connectivity index (χ4v) is 3.79. The summed E-state index contributed by atoms with van der Waals surface area (Å²) in [5.41, 5.74) is 5.86. The standard InChI is InChI=1S/C25H22FN5O/c1-14-5-8-23-20(9-14)21(10-15(2)28-23)25(32)29-24-16(3)30-31(17(24)4)13-18-6-7-19(12-27)22(26)11-18/h5-11H,13H2,1-4H3,(H,29,32). The van der Waals surface area contributed by atoms with E-state index in [1.165, 1.54) is 12.1 Å². The van der Waals surface area contributed by atoms with Crippen LogP contribution in [0.15, 0.2) is 42.5 Å². The molecule has 0 saturated carbocycles. The maximum absolute atomic E-state index is 14.0. The van der Waals surface area contributed by atoms with E-state index in [-0.39, 0.29) is 11.5 Å². The molecule has 2 aromatic heterocycles. The van der Waals surface area contributed by atoms with Gasteiger partial charge in [-0.2, -0.15) is 10.4 Å². The fraction of sp³-hybridized carbons (Fsp3) is 0.200. The van der Waals surface area contributed by atoms with Crippen LogP contribution in [0.5, 0.6) is 0 Å². The van der Waals surface area contributed by atoms with Gasteiger partial charge in [-0.15, -0.1) is 0 Å². The van der Waals surface area contributed by atoms with E-state index in [0.717, 1.165) is 27.9 Å². The van der Waals surface area contributed by atoms with Crippen molar-refractivity contribution in [1.82, 2.24) is 14.8 Å². The quantitative estimate of drug-likeness (QED) is 0.498. The van der Waals surface area contributed by atoms with Crippen LogP contribution in [-0.2, 0) is 6.54 Å². The molecule has 0 aliphatic heterocycles. The SMILES string of the molecule is Cc1ccc2nc(C)cc(C(=O)Nc3c(C)nn(Cc4ccc(C#N)c(F)c4)c3C)c2c1. The summed E-state index contributed by atoms with van der Waals surface area (Å²) in [7, 11) is 0. The van der Waals surface area contributed by atoms with Crippen LogP contribution in [0.3, 0.4) is 0 Å². The predicted molar refractivity (Wildman–Crippen MR) is 121 cm³/mol. The Balaban J connectivity index is 1.65. The zero-order valence-corrected chi connectivity index (χ0v) is 18.3. The molecular formula is C25H22FN5O. The number of carbonyl (C=O) groups excluding carboxylic acids is 1. The molecule has 0 aliphatic rings. The Kier molecular flexibility index (Phi) is 5.45. The summed E-state index contributed by atoms with van der Waals surface area (Å²) in [5, 5.41) is 17.2. The fourth-order valence-electron chi connectivity index (χ4n) is 3.79. The molecule has 0 unspecified atom stereocenters. The molecule has 0 fully saturated rings. The van der Waals surface area contributed by atoms with Gasteiger partial charge >= 0.3 is 0 Å². The molecule has 2 heterocycles. The topological polar surface area (TPSA) is 83.6 Å². The van der Waals surface area contributed by atoms with Gasteiger partial charge in [-0.3, -0.25) is 14.5 Å². The molecule has 0 spiro atoms. The Morgan fingerprint density at radius 2 is 1.91 bits per heavy atom. The van der Waals surface area contributed by atoms with Crippen LogP contribution >= 0.6 is 0 Å². The smallest absolute Gasteiger partial charge is 0.256 e. The Morgan fingerprint density at radius 3 is 2.62 bits per heavy atom. The average molecular weight is 427 g/mol. The highest BCUT2D eigenvalue weighted by atomic mass is 19.1. The number of fused-ring (bicyclic) bond motifs is 1. The van der Waals surface area contributed by atoms with E-state index in [4.69, 9.17) is 5.26 Å². The normalized spacial score (nSPS) is 10.9. The van der Waals surface area contributed by atoms with Crippen molar-refractivity contribution in [3.8, 4) is 6.07 Å². The van der Waals surface area contributed by atoms with E-state index in [0.29, 0.717) is 29.1 Å². The summed E-state index contributed by atoms with van der Waals surface area (Å²) in [5.74, 6) is -0.795. The van der Waals surface area contributed by atoms with Crippen LogP contribution in [0.1, 0.15) is 44.1 Å². The summed E-state index contributed by atoms with van der Waals surface area (Å²) >= 11 is 0. The van der Waals surface area contributed by atoms with Crippen LogP contribution < -0.4 is 5.32 Å². The highest BCUT2D eigenvalue weighted by Gasteiger charge is 2.18. The molecule has 2 aromatic carbocycles. The van der Waals surface area contributed by atoms with Crippen LogP contribution in [0.25, 0.3) is 10.9 Å². The maximum Gasteiger partial charge on any atom is 0.256 e. The third-order valence-electron chi connectivity index (χ3n) is 5.44. The van der Waals surface area contributed by atoms with E-state index >= 15 is 0 Å². The van der Waals surface area contributed by atoms with E-state index < -0.39 is 5.82 Å². The first-order chi connectivity index (χ1) is 15.3. The number of aromatic nitrogens is 3. The van der Waals surface area contributed by atoms with Gasteiger partial charge in [-0.25, -0.2) is 4.39 Å². The lowest BCUT2D eigenvalue weighted by atomic mass is 10.0. The zero-order chi connectivity index (χ0) is 23.0. The predicted octanol–water partition coefficient (Wildman–Crippen LogP) is 4.98. The number of hydrogen-bond acceptors (Lipinski definition) is 4. The molecule has 0 aliphatic carbocycles. The number of nitrogens with one attached hydrogen (secondary N) is 1. The Labute approximate surface area is 185 Å². The number of halogens is 1. The molecule has 32 heavy (non-hydrogen) atoms. The van der Waals surface area contributed by atoms with Gasteiger partial charge in [0.25, 0.3) is 5.91 Å². The molecule has 1 N–H and O–H groups in total. The summed E-state index contributed by atoms with van der Waals surface area (Å²) in [6.07, 6.45) is 0. The second kappa shape index (κ2) is 8.23. The first-order valence-corrected chi connectivity index (χ1v) is 10.2. The third-order valence-corrected chi connectivity index (χ3v) is 5.44. The van der Waals surface area contributed by atoms with E-state index in [9.17, 15) is 9.18 Å². The van der Waals surface area contributed by atoms with Crippen molar-refractivity contribution in [2.45, 2.75) is 34.2 Å². The molecular weight excluding hydrogens is 405 g/mol. The molecule has 1 amide bonds. The average Bonchev–Trinajstić information content (AvgIpc) is 3.01. The number of hydrogen-bond donors (Lipinski definition) is 1. The van der Waals surface area contributed by atoms with Crippen molar-refractivity contribution in [2.24, 2.45) is 0 Å². The lowest BCUT2D eigenvalue weighted by Gasteiger charge is -2.11. The number of anilines is 1. The van der Waals surface area contributed by atoms with Crippen molar-refractivity contribution in [3.63, 3.8) is 0 Å². The van der Waals surface area contributed by atoms with Crippen LogP contribution in [0.2, 0.25) is 0 Å². The largest absolute Gasteiger partial charge is 0.319 e. The summed E-state index contributed by atoms with van der Waals surface area (Å²) in [4.78, 5) is 17.7. The third kappa shape index (κ3) is 3.95.